The first-order valence-corrected chi connectivity index (χ1v) is 8.23. The van der Waals surface area contributed by atoms with E-state index in [1.807, 2.05) is 63.2 Å². The van der Waals surface area contributed by atoms with Gasteiger partial charge in [-0.15, -0.1) is 0 Å². The van der Waals surface area contributed by atoms with Crippen LogP contribution in [0.3, 0.4) is 0 Å². The number of carbonyl (C=O) groups excluding carboxylic acids is 1. The fourth-order valence-corrected chi connectivity index (χ4v) is 2.29. The van der Waals surface area contributed by atoms with Gasteiger partial charge < -0.3 is 14.8 Å². The highest BCUT2D eigenvalue weighted by atomic mass is 16.5. The number of benzene rings is 2. The molecule has 0 aliphatic heterocycles. The zero-order valence-electron chi connectivity index (χ0n) is 14.8. The third kappa shape index (κ3) is 5.01. The minimum absolute atomic E-state index is 0.143. The molecule has 2 rings (SSSR count). The molecule has 0 radical (unpaired) electrons. The smallest absolute Gasteiger partial charge is 0.261 e. The summed E-state index contributed by atoms with van der Waals surface area (Å²) in [6.45, 7) is 8.84. The number of aryl methyl sites for hydroxylation is 2. The maximum atomic E-state index is 12.2. The number of hydrogen-bond acceptors (Lipinski definition) is 3. The van der Waals surface area contributed by atoms with Gasteiger partial charge in [0, 0.05) is 6.54 Å². The van der Waals surface area contributed by atoms with E-state index in [2.05, 4.69) is 5.32 Å². The first kappa shape index (κ1) is 17.9. The molecular weight excluding hydrogens is 302 g/mol. The summed E-state index contributed by atoms with van der Waals surface area (Å²) < 4.78 is 11.2. The Labute approximate surface area is 143 Å². The number of carbonyl (C=O) groups is 1. The molecule has 0 aliphatic rings. The minimum Gasteiger partial charge on any atom is -0.494 e. The van der Waals surface area contributed by atoms with Gasteiger partial charge in [0.2, 0.25) is 0 Å². The van der Waals surface area contributed by atoms with E-state index in [-0.39, 0.29) is 5.91 Å². The molecule has 1 atom stereocenters. The third-order valence-corrected chi connectivity index (χ3v) is 3.84. The summed E-state index contributed by atoms with van der Waals surface area (Å²) in [6, 6.07) is 13.5. The Morgan fingerprint density at radius 1 is 1.08 bits per heavy atom. The van der Waals surface area contributed by atoms with Crippen LogP contribution >= 0.6 is 0 Å². The van der Waals surface area contributed by atoms with Gasteiger partial charge in [-0.05, 0) is 68.7 Å². The normalized spacial score (nSPS) is 11.7. The standard InChI is InChI=1S/C20H25NO3/c1-5-23-18-8-6-7-17(12-18)13-21-20(22)16(4)24-19-10-9-14(2)15(3)11-19/h6-12,16H,5,13H2,1-4H3,(H,21,22). The van der Waals surface area contributed by atoms with Crippen molar-refractivity contribution in [1.82, 2.24) is 5.32 Å². The lowest BCUT2D eigenvalue weighted by atomic mass is 10.1. The van der Waals surface area contributed by atoms with Crippen molar-refractivity contribution in [3.8, 4) is 11.5 Å². The van der Waals surface area contributed by atoms with E-state index in [0.29, 0.717) is 18.9 Å². The van der Waals surface area contributed by atoms with Gasteiger partial charge in [-0.3, -0.25) is 4.79 Å². The van der Waals surface area contributed by atoms with E-state index in [1.165, 1.54) is 5.56 Å². The van der Waals surface area contributed by atoms with E-state index in [1.54, 1.807) is 6.92 Å². The van der Waals surface area contributed by atoms with E-state index in [0.717, 1.165) is 16.9 Å². The molecule has 0 aliphatic carbocycles. The molecule has 1 unspecified atom stereocenters. The lowest BCUT2D eigenvalue weighted by molar-refractivity contribution is -0.127. The Kier molecular flexibility index (Phi) is 6.24. The minimum atomic E-state index is -0.554. The molecule has 0 heterocycles. The predicted octanol–water partition coefficient (Wildman–Crippen LogP) is 3.79. The SMILES string of the molecule is CCOc1cccc(CNC(=O)C(C)Oc2ccc(C)c(C)c2)c1. The molecule has 2 aromatic carbocycles. The fraction of sp³-hybridized carbons (Fsp3) is 0.350. The van der Waals surface area contributed by atoms with Crippen molar-refractivity contribution in [3.05, 3.63) is 59.2 Å². The molecule has 128 valence electrons. The number of rotatable bonds is 7. The second-order valence-corrected chi connectivity index (χ2v) is 5.80. The van der Waals surface area contributed by atoms with Gasteiger partial charge in [0.1, 0.15) is 11.5 Å². The summed E-state index contributed by atoms with van der Waals surface area (Å²) in [4.78, 5) is 12.2. The number of hydrogen-bond donors (Lipinski definition) is 1. The van der Waals surface area contributed by atoms with Gasteiger partial charge in [0.05, 0.1) is 6.61 Å². The molecule has 0 spiro atoms. The van der Waals surface area contributed by atoms with Crippen LogP contribution in [0.15, 0.2) is 42.5 Å². The van der Waals surface area contributed by atoms with E-state index >= 15 is 0 Å². The lowest BCUT2D eigenvalue weighted by Gasteiger charge is -2.16. The fourth-order valence-electron chi connectivity index (χ4n) is 2.29. The molecule has 1 amide bonds. The summed E-state index contributed by atoms with van der Waals surface area (Å²) in [5.41, 5.74) is 3.34. The van der Waals surface area contributed by atoms with Crippen molar-refractivity contribution in [2.24, 2.45) is 0 Å². The van der Waals surface area contributed by atoms with Crippen LogP contribution in [-0.2, 0) is 11.3 Å². The quantitative estimate of drug-likeness (QED) is 0.842. The van der Waals surface area contributed by atoms with Crippen molar-refractivity contribution in [3.63, 3.8) is 0 Å². The Bertz CT molecular complexity index is 697. The van der Waals surface area contributed by atoms with Gasteiger partial charge in [-0.1, -0.05) is 18.2 Å². The monoisotopic (exact) mass is 327 g/mol. The van der Waals surface area contributed by atoms with Gasteiger partial charge >= 0.3 is 0 Å². The zero-order chi connectivity index (χ0) is 17.5. The van der Waals surface area contributed by atoms with Crippen molar-refractivity contribution >= 4 is 5.91 Å². The highest BCUT2D eigenvalue weighted by Gasteiger charge is 2.14. The average Bonchev–Trinajstić information content (AvgIpc) is 2.56. The molecule has 0 bridgehead atoms. The van der Waals surface area contributed by atoms with Crippen LogP contribution in [0, 0.1) is 13.8 Å². The largest absolute Gasteiger partial charge is 0.494 e. The highest BCUT2D eigenvalue weighted by molar-refractivity contribution is 5.80. The molecule has 24 heavy (non-hydrogen) atoms. The molecule has 0 saturated carbocycles. The zero-order valence-corrected chi connectivity index (χ0v) is 14.8. The summed E-state index contributed by atoms with van der Waals surface area (Å²) in [6.07, 6.45) is -0.554. The summed E-state index contributed by atoms with van der Waals surface area (Å²) in [5.74, 6) is 1.37. The van der Waals surface area contributed by atoms with Crippen LogP contribution in [0.5, 0.6) is 11.5 Å². The molecule has 0 saturated heterocycles. The maximum Gasteiger partial charge on any atom is 0.261 e. The molecule has 2 aromatic rings. The van der Waals surface area contributed by atoms with Crippen LogP contribution in [0.25, 0.3) is 0 Å². The topological polar surface area (TPSA) is 47.6 Å². The summed E-state index contributed by atoms with van der Waals surface area (Å²) in [5, 5.41) is 2.89. The van der Waals surface area contributed by atoms with Gasteiger partial charge in [0.15, 0.2) is 6.10 Å². The van der Waals surface area contributed by atoms with Gasteiger partial charge in [-0.2, -0.15) is 0 Å². The Morgan fingerprint density at radius 2 is 1.88 bits per heavy atom. The van der Waals surface area contributed by atoms with Crippen LogP contribution in [0.1, 0.15) is 30.5 Å². The van der Waals surface area contributed by atoms with Crippen molar-refractivity contribution < 1.29 is 14.3 Å². The maximum absolute atomic E-state index is 12.2. The molecule has 0 aromatic heterocycles. The van der Waals surface area contributed by atoms with Crippen LogP contribution in [0.2, 0.25) is 0 Å². The number of amides is 1. The molecule has 4 nitrogen and oxygen atoms in total. The average molecular weight is 327 g/mol. The highest BCUT2D eigenvalue weighted by Crippen LogP contribution is 2.18. The first-order valence-electron chi connectivity index (χ1n) is 8.23. The second-order valence-electron chi connectivity index (χ2n) is 5.80. The van der Waals surface area contributed by atoms with Crippen LogP contribution in [-0.4, -0.2) is 18.6 Å². The van der Waals surface area contributed by atoms with E-state index < -0.39 is 6.10 Å². The number of ether oxygens (including phenoxy) is 2. The molecule has 1 N–H and O–H groups in total. The third-order valence-electron chi connectivity index (χ3n) is 3.84. The van der Waals surface area contributed by atoms with E-state index in [4.69, 9.17) is 9.47 Å². The van der Waals surface area contributed by atoms with Gasteiger partial charge in [-0.25, -0.2) is 0 Å². The Balaban J connectivity index is 1.89. The number of nitrogens with one attached hydrogen (secondary N) is 1. The Morgan fingerprint density at radius 3 is 2.58 bits per heavy atom. The predicted molar refractivity (Wildman–Crippen MR) is 95.5 cm³/mol. The summed E-state index contributed by atoms with van der Waals surface area (Å²) >= 11 is 0. The van der Waals surface area contributed by atoms with Gasteiger partial charge in [0.25, 0.3) is 5.91 Å². The van der Waals surface area contributed by atoms with Crippen LogP contribution in [0.4, 0.5) is 0 Å². The molecular formula is C20H25NO3. The summed E-state index contributed by atoms with van der Waals surface area (Å²) in [7, 11) is 0. The lowest BCUT2D eigenvalue weighted by Crippen LogP contribution is -2.35. The first-order chi connectivity index (χ1) is 11.5. The van der Waals surface area contributed by atoms with Crippen molar-refractivity contribution in [2.75, 3.05) is 6.61 Å². The van der Waals surface area contributed by atoms with E-state index in [9.17, 15) is 4.79 Å². The van der Waals surface area contributed by atoms with Crippen molar-refractivity contribution in [1.29, 1.82) is 0 Å². The van der Waals surface area contributed by atoms with Crippen molar-refractivity contribution in [2.45, 2.75) is 40.3 Å². The molecule has 0 fully saturated rings. The second kappa shape index (κ2) is 8.39. The molecule has 4 heteroatoms. The van der Waals surface area contributed by atoms with Crippen LogP contribution < -0.4 is 14.8 Å². The Hall–Kier alpha value is -2.49.